The van der Waals surface area contributed by atoms with Crippen LogP contribution in [0.3, 0.4) is 0 Å². The molecule has 0 heterocycles. The lowest BCUT2D eigenvalue weighted by molar-refractivity contribution is -0.915. The third-order valence-electron chi connectivity index (χ3n) is 2.79. The maximum atomic E-state index is 3.84. The molecule has 0 amide bonds. The van der Waals surface area contributed by atoms with Crippen LogP contribution in [-0.4, -0.2) is 28.6 Å². The Hall–Kier alpha value is -0.600. The summed E-state index contributed by atoms with van der Waals surface area (Å²) in [5.41, 5.74) is 0. The fourth-order valence-electron chi connectivity index (χ4n) is 1.92. The molecule has 0 aromatic heterocycles. The van der Waals surface area contributed by atoms with Gasteiger partial charge in [-0.25, -0.2) is 0 Å². The highest BCUT2D eigenvalue weighted by Gasteiger charge is 2.30. The molecule has 0 bridgehead atoms. The minimum absolute atomic E-state index is 0. The average Bonchev–Trinajstić information content (AvgIpc) is 2.03. The van der Waals surface area contributed by atoms with E-state index in [1.807, 2.05) is 6.08 Å². The second kappa shape index (κ2) is 6.80. The SMILES string of the molecule is C=CC[N+](C=CC)(C(C)C)C(C)C.[OH-]. The van der Waals surface area contributed by atoms with Gasteiger partial charge in [0.05, 0.1) is 18.3 Å². The highest BCUT2D eigenvalue weighted by atomic mass is 16.0. The van der Waals surface area contributed by atoms with Crippen LogP contribution in [0.1, 0.15) is 34.6 Å². The Kier molecular flexibility index (Phi) is 7.69. The smallest absolute Gasteiger partial charge is 0.102 e. The lowest BCUT2D eigenvalue weighted by Gasteiger charge is -2.42. The molecular weight excluding hydrogens is 174 g/mol. The van der Waals surface area contributed by atoms with Crippen molar-refractivity contribution in [2.75, 3.05) is 6.54 Å². The Morgan fingerprint density at radius 1 is 1.14 bits per heavy atom. The Morgan fingerprint density at radius 2 is 1.57 bits per heavy atom. The summed E-state index contributed by atoms with van der Waals surface area (Å²) in [6.07, 6.45) is 6.44. The minimum Gasteiger partial charge on any atom is -0.870 e. The Bertz CT molecular complexity index is 175. The van der Waals surface area contributed by atoms with Gasteiger partial charge in [-0.3, -0.25) is 4.48 Å². The third kappa shape index (κ3) is 3.28. The van der Waals surface area contributed by atoms with Crippen LogP contribution in [0.2, 0.25) is 0 Å². The van der Waals surface area contributed by atoms with Crippen molar-refractivity contribution >= 4 is 0 Å². The molecule has 2 heteroatoms. The fraction of sp³-hybridized carbons (Fsp3) is 0.667. The maximum absolute atomic E-state index is 3.84. The van der Waals surface area contributed by atoms with E-state index in [0.717, 1.165) is 11.0 Å². The quantitative estimate of drug-likeness (QED) is 0.494. The number of allylic oxidation sites excluding steroid dienone is 1. The van der Waals surface area contributed by atoms with E-state index in [1.54, 1.807) is 0 Å². The number of hydrogen-bond acceptors (Lipinski definition) is 1. The molecule has 0 aromatic carbocycles. The lowest BCUT2D eigenvalue weighted by atomic mass is 10.1. The molecule has 0 spiro atoms. The lowest BCUT2D eigenvalue weighted by Crippen LogP contribution is -2.53. The molecule has 0 aromatic rings. The minimum atomic E-state index is 0. The van der Waals surface area contributed by atoms with Crippen LogP contribution in [0.4, 0.5) is 0 Å². The molecular formula is C12H25NO. The number of nitrogens with zero attached hydrogens (tertiary/aromatic N) is 1. The first-order valence-electron chi connectivity index (χ1n) is 5.13. The van der Waals surface area contributed by atoms with Crippen molar-refractivity contribution in [2.45, 2.75) is 46.7 Å². The van der Waals surface area contributed by atoms with E-state index in [2.05, 4.69) is 53.5 Å². The summed E-state index contributed by atoms with van der Waals surface area (Å²) in [6.45, 7) is 16.0. The third-order valence-corrected chi connectivity index (χ3v) is 2.79. The number of rotatable bonds is 5. The topological polar surface area (TPSA) is 30.0 Å². The first kappa shape index (κ1) is 15.9. The molecule has 0 aliphatic heterocycles. The molecule has 0 rings (SSSR count). The van der Waals surface area contributed by atoms with Gasteiger partial charge in [0.15, 0.2) is 0 Å². The van der Waals surface area contributed by atoms with Gasteiger partial charge >= 0.3 is 0 Å². The van der Waals surface area contributed by atoms with E-state index in [-0.39, 0.29) is 5.48 Å². The fourth-order valence-corrected chi connectivity index (χ4v) is 1.92. The maximum Gasteiger partial charge on any atom is 0.102 e. The van der Waals surface area contributed by atoms with Crippen LogP contribution in [0.15, 0.2) is 24.9 Å². The van der Waals surface area contributed by atoms with Crippen LogP contribution >= 0.6 is 0 Å². The predicted octanol–water partition coefficient (Wildman–Crippen LogP) is 3.16. The van der Waals surface area contributed by atoms with E-state index >= 15 is 0 Å². The van der Waals surface area contributed by atoms with Crippen LogP contribution in [-0.2, 0) is 0 Å². The summed E-state index contributed by atoms with van der Waals surface area (Å²) >= 11 is 0. The van der Waals surface area contributed by atoms with Gasteiger partial charge in [0, 0.05) is 0 Å². The van der Waals surface area contributed by atoms with Gasteiger partial charge in [0.1, 0.15) is 6.54 Å². The van der Waals surface area contributed by atoms with Gasteiger partial charge in [-0.1, -0.05) is 6.58 Å². The van der Waals surface area contributed by atoms with Gasteiger partial charge in [-0.2, -0.15) is 0 Å². The summed E-state index contributed by atoms with van der Waals surface area (Å²) in [5.74, 6) is 0. The highest BCUT2D eigenvalue weighted by molar-refractivity contribution is 4.77. The summed E-state index contributed by atoms with van der Waals surface area (Å²) < 4.78 is 1.00. The molecule has 0 atom stereocenters. The molecule has 2 nitrogen and oxygen atoms in total. The molecule has 84 valence electrons. The molecule has 0 aliphatic carbocycles. The molecule has 0 fully saturated rings. The van der Waals surface area contributed by atoms with Crippen LogP contribution in [0.5, 0.6) is 0 Å². The van der Waals surface area contributed by atoms with Crippen LogP contribution in [0, 0.1) is 0 Å². The van der Waals surface area contributed by atoms with E-state index in [9.17, 15) is 0 Å². The van der Waals surface area contributed by atoms with Gasteiger partial charge in [0.2, 0.25) is 0 Å². The first-order chi connectivity index (χ1) is 6.01. The number of quaternary nitrogens is 1. The standard InChI is InChI=1S/C12H24N.H2O/c1-7-9-13(10-8-2,11(3)4)12(5)6;/h7-8,10-12H,1,9H2,2-6H3;1H2/q+1;/p-1. The summed E-state index contributed by atoms with van der Waals surface area (Å²) in [7, 11) is 0. The second-order valence-corrected chi connectivity index (χ2v) is 4.14. The van der Waals surface area contributed by atoms with E-state index in [4.69, 9.17) is 0 Å². The zero-order chi connectivity index (χ0) is 10.5. The van der Waals surface area contributed by atoms with Crippen molar-refractivity contribution in [3.8, 4) is 0 Å². The van der Waals surface area contributed by atoms with E-state index in [0.29, 0.717) is 12.1 Å². The summed E-state index contributed by atoms with van der Waals surface area (Å²) in [6, 6.07) is 1.21. The normalized spacial score (nSPS) is 12.2. The van der Waals surface area contributed by atoms with E-state index < -0.39 is 0 Å². The molecule has 0 aliphatic rings. The largest absolute Gasteiger partial charge is 0.870 e. The van der Waals surface area contributed by atoms with Crippen molar-refractivity contribution in [2.24, 2.45) is 0 Å². The zero-order valence-electron chi connectivity index (χ0n) is 10.2. The second-order valence-electron chi connectivity index (χ2n) is 4.14. The van der Waals surface area contributed by atoms with Crippen molar-refractivity contribution in [3.63, 3.8) is 0 Å². The first-order valence-corrected chi connectivity index (χ1v) is 5.13. The van der Waals surface area contributed by atoms with Gasteiger partial charge in [-0.05, 0) is 46.8 Å². The van der Waals surface area contributed by atoms with Crippen molar-refractivity contribution in [1.82, 2.24) is 0 Å². The monoisotopic (exact) mass is 199 g/mol. The Morgan fingerprint density at radius 3 is 1.79 bits per heavy atom. The van der Waals surface area contributed by atoms with Gasteiger partial charge in [0.25, 0.3) is 0 Å². The van der Waals surface area contributed by atoms with Crippen molar-refractivity contribution in [3.05, 3.63) is 24.9 Å². The molecule has 0 unspecified atom stereocenters. The summed E-state index contributed by atoms with van der Waals surface area (Å²) in [4.78, 5) is 0. The van der Waals surface area contributed by atoms with Crippen LogP contribution in [0.25, 0.3) is 0 Å². The zero-order valence-corrected chi connectivity index (χ0v) is 10.2. The average molecular weight is 199 g/mol. The van der Waals surface area contributed by atoms with E-state index in [1.165, 1.54) is 0 Å². The van der Waals surface area contributed by atoms with Gasteiger partial charge in [-0.15, -0.1) is 0 Å². The number of hydrogen-bond donors (Lipinski definition) is 0. The van der Waals surface area contributed by atoms with Gasteiger partial charge < -0.3 is 5.48 Å². The molecule has 0 radical (unpaired) electrons. The van der Waals surface area contributed by atoms with Crippen molar-refractivity contribution in [1.29, 1.82) is 0 Å². The molecule has 0 saturated heterocycles. The Balaban J connectivity index is 0. The highest BCUT2D eigenvalue weighted by Crippen LogP contribution is 2.20. The summed E-state index contributed by atoms with van der Waals surface area (Å²) in [5, 5.41) is 0. The van der Waals surface area contributed by atoms with Crippen LogP contribution < -0.4 is 0 Å². The molecule has 1 N–H and O–H groups in total. The molecule has 14 heavy (non-hydrogen) atoms. The van der Waals surface area contributed by atoms with Crippen molar-refractivity contribution < 1.29 is 9.96 Å². The molecule has 0 saturated carbocycles. The Labute approximate surface area is 88.8 Å². The predicted molar refractivity (Wildman–Crippen MR) is 62.3 cm³/mol.